The Kier molecular flexibility index (Phi) is 9.19. The molecule has 0 saturated carbocycles. The number of hydrogen-bond acceptors (Lipinski definition) is 5. The number of morpholine rings is 1. The summed E-state index contributed by atoms with van der Waals surface area (Å²) in [5, 5.41) is 2.95. The summed E-state index contributed by atoms with van der Waals surface area (Å²) in [7, 11) is 0. The van der Waals surface area contributed by atoms with Crippen LogP contribution in [0.5, 0.6) is 0 Å². The molecule has 1 amide bonds. The van der Waals surface area contributed by atoms with Gasteiger partial charge in [0, 0.05) is 31.5 Å². The monoisotopic (exact) mass is 398 g/mol. The molecule has 8 heteroatoms. The Morgan fingerprint density at radius 1 is 1.12 bits per heavy atom. The van der Waals surface area contributed by atoms with E-state index in [-0.39, 0.29) is 30.7 Å². The lowest BCUT2D eigenvalue weighted by atomic mass is 10.1. The highest BCUT2D eigenvalue weighted by molar-refractivity contribution is 5.85. The maximum absolute atomic E-state index is 12.1. The maximum Gasteiger partial charge on any atom is 0.224 e. The zero-order valence-electron chi connectivity index (χ0n) is 14.4. The fourth-order valence-electron chi connectivity index (χ4n) is 2.62. The number of hydrogen-bond donors (Lipinski definition) is 2. The first kappa shape index (κ1) is 22.0. The molecule has 1 aliphatic heterocycles. The molecule has 2 aromatic rings. The zero-order chi connectivity index (χ0) is 16.8. The summed E-state index contributed by atoms with van der Waals surface area (Å²) in [5.41, 5.74) is 8.34. The molecule has 6 nitrogen and oxygen atoms in total. The van der Waals surface area contributed by atoms with Gasteiger partial charge < -0.3 is 20.7 Å². The first-order valence-electron chi connectivity index (χ1n) is 8.09. The molecule has 0 aliphatic carbocycles. The Hall–Kier alpha value is -2.02. The topological polar surface area (TPSA) is 80.5 Å². The van der Waals surface area contributed by atoms with Crippen LogP contribution in [0.4, 0.5) is 11.5 Å². The third kappa shape index (κ3) is 6.37. The molecule has 1 saturated heterocycles. The van der Waals surface area contributed by atoms with E-state index in [1.165, 1.54) is 0 Å². The largest absolute Gasteiger partial charge is 0.399 e. The Balaban J connectivity index is 0.00000169. The van der Waals surface area contributed by atoms with Crippen molar-refractivity contribution in [1.29, 1.82) is 0 Å². The highest BCUT2D eigenvalue weighted by Gasteiger charge is 2.12. The number of nitrogen functional groups attached to an aromatic ring is 1. The number of halogens is 2. The predicted molar refractivity (Wildman–Crippen MR) is 108 cm³/mol. The summed E-state index contributed by atoms with van der Waals surface area (Å²) in [5.74, 6) is 0.924. The van der Waals surface area contributed by atoms with E-state index in [4.69, 9.17) is 10.5 Å². The second-order valence-corrected chi connectivity index (χ2v) is 5.82. The van der Waals surface area contributed by atoms with Gasteiger partial charge in [-0.2, -0.15) is 0 Å². The maximum atomic E-state index is 12.1. The minimum Gasteiger partial charge on any atom is -0.399 e. The molecule has 26 heavy (non-hydrogen) atoms. The minimum atomic E-state index is -0.00972. The summed E-state index contributed by atoms with van der Waals surface area (Å²) in [4.78, 5) is 18.7. The average Bonchev–Trinajstić information content (AvgIpc) is 2.63. The van der Waals surface area contributed by atoms with Crippen molar-refractivity contribution in [2.75, 3.05) is 36.9 Å². The third-order valence-electron chi connectivity index (χ3n) is 3.98. The third-order valence-corrected chi connectivity index (χ3v) is 3.98. The van der Waals surface area contributed by atoms with Gasteiger partial charge in [0.1, 0.15) is 5.82 Å². The van der Waals surface area contributed by atoms with Crippen molar-refractivity contribution in [3.05, 3.63) is 53.7 Å². The molecular weight excluding hydrogens is 375 g/mol. The summed E-state index contributed by atoms with van der Waals surface area (Å²) in [6.07, 6.45) is 2.13. The number of ether oxygens (including phenoxy) is 1. The zero-order valence-corrected chi connectivity index (χ0v) is 16.0. The van der Waals surface area contributed by atoms with Crippen LogP contribution in [0.25, 0.3) is 0 Å². The number of nitrogens with one attached hydrogen (secondary N) is 1. The number of pyridine rings is 1. The van der Waals surface area contributed by atoms with Crippen LogP contribution in [0.15, 0.2) is 42.6 Å². The van der Waals surface area contributed by atoms with Gasteiger partial charge >= 0.3 is 0 Å². The first-order valence-corrected chi connectivity index (χ1v) is 8.09. The van der Waals surface area contributed by atoms with Gasteiger partial charge in [0.15, 0.2) is 0 Å². The fraction of sp³-hybridized carbons (Fsp3) is 0.333. The number of nitrogens with zero attached hydrogens (tertiary/aromatic N) is 2. The summed E-state index contributed by atoms with van der Waals surface area (Å²) in [6, 6.07) is 11.3. The number of benzene rings is 1. The van der Waals surface area contributed by atoms with E-state index < -0.39 is 0 Å². The molecule has 0 unspecified atom stereocenters. The smallest absolute Gasteiger partial charge is 0.224 e. The van der Waals surface area contributed by atoms with Crippen molar-refractivity contribution in [1.82, 2.24) is 10.3 Å². The van der Waals surface area contributed by atoms with E-state index in [1.807, 2.05) is 24.3 Å². The van der Waals surface area contributed by atoms with Crippen LogP contribution in [-0.4, -0.2) is 37.2 Å². The number of carbonyl (C=O) groups excluding carboxylic acids is 1. The molecule has 3 N–H and O–H groups in total. The SMILES string of the molecule is Cl.Cl.Nc1ccc(CC(=O)NCc2ccnc(N3CCOCC3)c2)cc1. The molecule has 3 rings (SSSR count). The van der Waals surface area contributed by atoms with Crippen LogP contribution in [0.3, 0.4) is 0 Å². The summed E-state index contributed by atoms with van der Waals surface area (Å²) >= 11 is 0. The van der Waals surface area contributed by atoms with Crippen molar-refractivity contribution in [3.63, 3.8) is 0 Å². The Bertz CT molecular complexity index is 692. The second kappa shape index (κ2) is 10.9. The second-order valence-electron chi connectivity index (χ2n) is 5.82. The van der Waals surface area contributed by atoms with Gasteiger partial charge in [-0.25, -0.2) is 4.98 Å². The van der Waals surface area contributed by atoms with Crippen LogP contribution in [0.1, 0.15) is 11.1 Å². The molecule has 1 aromatic carbocycles. The van der Waals surface area contributed by atoms with Crippen molar-refractivity contribution in [2.24, 2.45) is 0 Å². The lowest BCUT2D eigenvalue weighted by Crippen LogP contribution is -2.36. The molecule has 2 heterocycles. The van der Waals surface area contributed by atoms with Gasteiger partial charge in [0.05, 0.1) is 19.6 Å². The van der Waals surface area contributed by atoms with Crippen LogP contribution in [-0.2, 0) is 22.5 Å². The number of carbonyl (C=O) groups is 1. The molecule has 1 aliphatic rings. The fourth-order valence-corrected chi connectivity index (χ4v) is 2.62. The molecule has 1 fully saturated rings. The van der Waals surface area contributed by atoms with E-state index in [2.05, 4.69) is 15.2 Å². The highest BCUT2D eigenvalue weighted by Crippen LogP contribution is 2.14. The van der Waals surface area contributed by atoms with Crippen molar-refractivity contribution < 1.29 is 9.53 Å². The van der Waals surface area contributed by atoms with Crippen LogP contribution >= 0.6 is 24.8 Å². The molecular formula is C18H24Cl2N4O2. The van der Waals surface area contributed by atoms with E-state index >= 15 is 0 Å². The predicted octanol–water partition coefficient (Wildman–Crippen LogP) is 2.20. The van der Waals surface area contributed by atoms with E-state index in [1.54, 1.807) is 18.3 Å². The normalized spacial score (nSPS) is 13.3. The van der Waals surface area contributed by atoms with Gasteiger partial charge in [0.2, 0.25) is 5.91 Å². The quantitative estimate of drug-likeness (QED) is 0.754. The number of aromatic nitrogens is 1. The lowest BCUT2D eigenvalue weighted by Gasteiger charge is -2.28. The van der Waals surface area contributed by atoms with Crippen molar-refractivity contribution in [3.8, 4) is 0 Å². The average molecular weight is 399 g/mol. The Morgan fingerprint density at radius 2 is 1.81 bits per heavy atom. The summed E-state index contributed by atoms with van der Waals surface area (Å²) in [6.45, 7) is 3.64. The van der Waals surface area contributed by atoms with Gasteiger partial charge in [0.25, 0.3) is 0 Å². The first-order chi connectivity index (χ1) is 11.7. The van der Waals surface area contributed by atoms with E-state index in [9.17, 15) is 4.79 Å². The number of rotatable bonds is 5. The van der Waals surface area contributed by atoms with E-state index in [0.717, 1.165) is 43.2 Å². The molecule has 0 bridgehead atoms. The molecule has 0 spiro atoms. The van der Waals surface area contributed by atoms with Crippen LogP contribution in [0, 0.1) is 0 Å². The van der Waals surface area contributed by atoms with Gasteiger partial charge in [-0.15, -0.1) is 24.8 Å². The van der Waals surface area contributed by atoms with Crippen LogP contribution < -0.4 is 16.0 Å². The van der Waals surface area contributed by atoms with Crippen molar-refractivity contribution >= 4 is 42.2 Å². The number of nitrogens with two attached hydrogens (primary N) is 1. The standard InChI is InChI=1S/C18H22N4O2.2ClH/c19-16-3-1-14(2-4-16)12-18(23)21-13-15-5-6-20-17(11-15)22-7-9-24-10-8-22;;/h1-6,11H,7-10,12-13,19H2,(H,21,23);2*1H. The lowest BCUT2D eigenvalue weighted by molar-refractivity contribution is -0.120. The van der Waals surface area contributed by atoms with Crippen molar-refractivity contribution in [2.45, 2.75) is 13.0 Å². The Labute approximate surface area is 165 Å². The van der Waals surface area contributed by atoms with Gasteiger partial charge in [-0.05, 0) is 35.4 Å². The Morgan fingerprint density at radius 3 is 2.50 bits per heavy atom. The number of anilines is 2. The molecule has 0 radical (unpaired) electrons. The van der Waals surface area contributed by atoms with Gasteiger partial charge in [-0.1, -0.05) is 12.1 Å². The molecule has 1 aromatic heterocycles. The minimum absolute atomic E-state index is 0. The van der Waals surface area contributed by atoms with Gasteiger partial charge in [-0.3, -0.25) is 4.79 Å². The van der Waals surface area contributed by atoms with E-state index in [0.29, 0.717) is 18.7 Å². The molecule has 142 valence electrons. The van der Waals surface area contributed by atoms with Crippen LogP contribution in [0.2, 0.25) is 0 Å². The highest BCUT2D eigenvalue weighted by atomic mass is 35.5. The number of amides is 1. The molecule has 0 atom stereocenters. The summed E-state index contributed by atoms with van der Waals surface area (Å²) < 4.78 is 5.36.